The molecule has 5 aliphatic rings. The van der Waals surface area contributed by atoms with Gasteiger partial charge >= 0.3 is 11.9 Å². The lowest BCUT2D eigenvalue weighted by Crippen LogP contribution is -2.53. The minimum atomic E-state index is -0.673. The Morgan fingerprint density at radius 3 is 2.58 bits per heavy atom. The first-order valence-corrected chi connectivity index (χ1v) is 16.0. The van der Waals surface area contributed by atoms with E-state index in [2.05, 4.69) is 32.7 Å². The predicted octanol–water partition coefficient (Wildman–Crippen LogP) is 3.63. The third-order valence-corrected chi connectivity index (χ3v) is 13.5. The van der Waals surface area contributed by atoms with Gasteiger partial charge in [0.2, 0.25) is 0 Å². The van der Waals surface area contributed by atoms with E-state index in [0.29, 0.717) is 25.0 Å². The Kier molecular flexibility index (Phi) is 7.80. The second-order valence-electron chi connectivity index (χ2n) is 13.9. The van der Waals surface area contributed by atoms with E-state index in [1.807, 2.05) is 13.0 Å². The smallest absolute Gasteiger partial charge is 0.316 e. The Morgan fingerprint density at radius 1 is 1.20 bits per heavy atom. The highest BCUT2D eigenvalue weighted by Gasteiger charge is 2.92. The van der Waals surface area contributed by atoms with Gasteiger partial charge in [0.25, 0.3) is 0 Å². The molecule has 0 saturated heterocycles. The molecule has 3 unspecified atom stereocenters. The Balaban J connectivity index is 1.28. The summed E-state index contributed by atoms with van der Waals surface area (Å²) in [4.78, 5) is 37.8. The highest BCUT2D eigenvalue weighted by Crippen LogP contribution is 2.91. The molecular weight excluding hydrogens is 530 g/mol. The number of ether oxygens (including phenoxy) is 2. The van der Waals surface area contributed by atoms with Crippen LogP contribution in [0.4, 0.5) is 0 Å². The monoisotopic (exact) mass is 577 g/mol. The quantitative estimate of drug-likeness (QED) is 0.226. The maximum atomic E-state index is 13.4. The summed E-state index contributed by atoms with van der Waals surface area (Å²) in [5, 5.41) is 25.5. The summed E-state index contributed by atoms with van der Waals surface area (Å²) in [6.07, 6.45) is 4.87. The molecule has 5 fully saturated rings. The number of carbonyl (C=O) groups is 3. The highest BCUT2D eigenvalue weighted by atomic mass is 32.2. The third-order valence-electron chi connectivity index (χ3n) is 12.2. The number of esters is 2. The third kappa shape index (κ3) is 4.23. The number of hydrogen-bond acceptors (Lipinski definition) is 9. The van der Waals surface area contributed by atoms with Crippen LogP contribution >= 0.6 is 11.8 Å². The summed E-state index contributed by atoms with van der Waals surface area (Å²) >= 11 is 1.43. The molecule has 40 heavy (non-hydrogen) atoms. The van der Waals surface area contributed by atoms with Gasteiger partial charge in [0.05, 0.1) is 18.0 Å². The summed E-state index contributed by atoms with van der Waals surface area (Å²) in [7, 11) is 0. The maximum Gasteiger partial charge on any atom is 0.316 e. The maximum absolute atomic E-state index is 13.4. The van der Waals surface area contributed by atoms with Crippen molar-refractivity contribution in [1.82, 2.24) is 5.32 Å². The van der Waals surface area contributed by atoms with Crippen molar-refractivity contribution in [2.24, 2.45) is 39.4 Å². The number of aliphatic hydroxyl groups excluding tert-OH is 2. The van der Waals surface area contributed by atoms with Crippen LogP contribution in [0.15, 0.2) is 12.7 Å². The Bertz CT molecular complexity index is 1070. The lowest BCUT2D eigenvalue weighted by molar-refractivity contribution is -0.168. The topological polar surface area (TPSA) is 122 Å². The van der Waals surface area contributed by atoms with Crippen LogP contribution in [0.25, 0.3) is 0 Å². The lowest BCUT2D eigenvalue weighted by Gasteiger charge is -2.51. The van der Waals surface area contributed by atoms with Crippen molar-refractivity contribution in [3.05, 3.63) is 12.7 Å². The molecule has 12 atom stereocenters. The van der Waals surface area contributed by atoms with Gasteiger partial charge in [0.15, 0.2) is 0 Å². The Hall–Kier alpha value is -1.42. The van der Waals surface area contributed by atoms with E-state index in [0.717, 1.165) is 25.7 Å². The van der Waals surface area contributed by atoms with Crippen molar-refractivity contribution < 1.29 is 34.1 Å². The summed E-state index contributed by atoms with van der Waals surface area (Å²) in [5.74, 6) is 0.106. The van der Waals surface area contributed by atoms with Gasteiger partial charge in [-0.1, -0.05) is 33.8 Å². The molecule has 0 heterocycles. The van der Waals surface area contributed by atoms with E-state index in [1.54, 1.807) is 0 Å². The van der Waals surface area contributed by atoms with Crippen LogP contribution in [0, 0.1) is 39.4 Å². The standard InChI is InChI=1S/C31H47NO7S/c1-7-28(5)14-24(39-25(36)15-40-22-9-8-20(12-21(22)34)32-16-38-19(4)33)29(6)17(2)13-31-23(35)10-11-30(31,27(29)31)18(3)26(28)37/h7,17-18,20-22,24,26-27,32,34,37H,1,8-16H2,2-6H3/t17?,18-,20?,21+,22+,24+,26-,27-,28+,29-,30?,31-/m0/s1. The van der Waals surface area contributed by atoms with E-state index in [1.165, 1.54) is 18.7 Å². The minimum absolute atomic E-state index is 0.0360. The average Bonchev–Trinajstić information content (AvgIpc) is 3.27. The van der Waals surface area contributed by atoms with Crippen LogP contribution in [0.5, 0.6) is 0 Å². The van der Waals surface area contributed by atoms with Gasteiger partial charge in [-0.3, -0.25) is 19.7 Å². The van der Waals surface area contributed by atoms with Crippen LogP contribution < -0.4 is 5.32 Å². The van der Waals surface area contributed by atoms with Crippen molar-refractivity contribution >= 4 is 29.5 Å². The Morgan fingerprint density at radius 2 is 1.93 bits per heavy atom. The van der Waals surface area contributed by atoms with E-state index in [4.69, 9.17) is 9.47 Å². The van der Waals surface area contributed by atoms with Crippen molar-refractivity contribution in [1.29, 1.82) is 0 Å². The number of Topliss-reactive ketones (excluding diaryl/α,β-unsaturated/α-hetero) is 1. The lowest BCUT2D eigenvalue weighted by atomic mass is 9.57. The zero-order chi connectivity index (χ0) is 29.3. The number of thioether (sulfide) groups is 1. The van der Waals surface area contributed by atoms with E-state index < -0.39 is 29.1 Å². The molecule has 5 saturated carbocycles. The van der Waals surface area contributed by atoms with Gasteiger partial charge in [-0.25, -0.2) is 0 Å². The number of rotatable bonds is 8. The molecule has 3 N–H and O–H groups in total. The predicted molar refractivity (Wildman–Crippen MR) is 152 cm³/mol. The molecule has 5 aliphatic carbocycles. The van der Waals surface area contributed by atoms with Crippen LogP contribution in [-0.2, 0) is 23.9 Å². The van der Waals surface area contributed by atoms with Crippen molar-refractivity contribution in [3.63, 3.8) is 0 Å². The van der Waals surface area contributed by atoms with Crippen LogP contribution in [0.2, 0.25) is 0 Å². The molecule has 0 aromatic carbocycles. The van der Waals surface area contributed by atoms with Gasteiger partial charge in [0.1, 0.15) is 18.6 Å². The van der Waals surface area contributed by atoms with Gasteiger partial charge in [-0.2, -0.15) is 0 Å². The van der Waals surface area contributed by atoms with Gasteiger partial charge < -0.3 is 19.7 Å². The normalized spacial score (nSPS) is 49.3. The molecule has 5 rings (SSSR count). The van der Waals surface area contributed by atoms with Gasteiger partial charge in [-0.15, -0.1) is 18.3 Å². The number of carbonyl (C=O) groups excluding carboxylic acids is 3. The van der Waals surface area contributed by atoms with E-state index >= 15 is 0 Å². The molecule has 0 aromatic rings. The summed E-state index contributed by atoms with van der Waals surface area (Å²) < 4.78 is 11.3. The molecule has 2 spiro atoms. The zero-order valence-corrected chi connectivity index (χ0v) is 25.4. The number of hydrogen-bond donors (Lipinski definition) is 3. The highest BCUT2D eigenvalue weighted by molar-refractivity contribution is 8.00. The molecule has 0 amide bonds. The molecule has 9 heteroatoms. The number of nitrogens with one attached hydrogen (secondary N) is 1. The first-order chi connectivity index (χ1) is 18.8. The molecule has 224 valence electrons. The average molecular weight is 578 g/mol. The number of aliphatic hydroxyl groups is 2. The van der Waals surface area contributed by atoms with Crippen molar-refractivity contribution in [3.8, 4) is 0 Å². The zero-order valence-electron chi connectivity index (χ0n) is 24.6. The van der Waals surface area contributed by atoms with Crippen molar-refractivity contribution in [2.45, 2.75) is 109 Å². The summed E-state index contributed by atoms with van der Waals surface area (Å²) in [6.45, 7) is 14.1. The molecule has 0 aromatic heterocycles. The second-order valence-corrected chi connectivity index (χ2v) is 15.1. The Labute approximate surface area is 242 Å². The van der Waals surface area contributed by atoms with Gasteiger partial charge in [-0.05, 0) is 61.7 Å². The SMILES string of the molecule is C=C[C@]1(C)C[C@@H](OC(=O)CS[C@@H]2CCC(NCOC(C)=O)C[C@H]2O)[C@]2(C)C(C)C[C@@]34C(=O)CCC3([C@H]24)[C@@H](C)[C@@H]1O. The summed E-state index contributed by atoms with van der Waals surface area (Å²) in [5.41, 5.74) is -1.65. The minimum Gasteiger partial charge on any atom is -0.461 e. The fraction of sp³-hybridized carbons (Fsp3) is 0.839. The fourth-order valence-electron chi connectivity index (χ4n) is 9.94. The summed E-state index contributed by atoms with van der Waals surface area (Å²) in [6, 6.07) is 0.0580. The van der Waals surface area contributed by atoms with Gasteiger partial charge in [0, 0.05) is 40.9 Å². The molecule has 0 bridgehead atoms. The van der Waals surface area contributed by atoms with Crippen LogP contribution in [0.3, 0.4) is 0 Å². The second kappa shape index (κ2) is 10.4. The van der Waals surface area contributed by atoms with E-state index in [9.17, 15) is 24.6 Å². The first-order valence-electron chi connectivity index (χ1n) is 15.0. The van der Waals surface area contributed by atoms with E-state index in [-0.39, 0.29) is 64.3 Å². The molecule has 8 nitrogen and oxygen atoms in total. The molecule has 0 radical (unpaired) electrons. The first kappa shape index (κ1) is 30.1. The fourth-order valence-corrected chi connectivity index (χ4v) is 11.0. The largest absolute Gasteiger partial charge is 0.461 e. The number of ketones is 1. The van der Waals surface area contributed by atoms with Crippen LogP contribution in [-0.4, -0.2) is 70.0 Å². The molecule has 0 aliphatic heterocycles. The van der Waals surface area contributed by atoms with Crippen molar-refractivity contribution in [2.75, 3.05) is 12.5 Å². The molecular formula is C31H47NO7S. The van der Waals surface area contributed by atoms with Crippen LogP contribution in [0.1, 0.15) is 79.6 Å².